The number of halogens is 2. The number of hydrogen-bond donors (Lipinski definition) is 2. The molecule has 0 bridgehead atoms. The zero-order valence-corrected chi connectivity index (χ0v) is 9.99. The van der Waals surface area contributed by atoms with Crippen molar-refractivity contribution in [3.8, 4) is 0 Å². The number of anilines is 1. The summed E-state index contributed by atoms with van der Waals surface area (Å²) in [6.07, 6.45) is 0. The molecule has 0 aromatic heterocycles. The molecule has 0 spiro atoms. The minimum Gasteiger partial charge on any atom is -0.326 e. The number of amides is 1. The third kappa shape index (κ3) is 3.14. The molecule has 0 radical (unpaired) electrons. The van der Waals surface area contributed by atoms with Crippen LogP contribution in [-0.4, -0.2) is 5.91 Å². The Morgan fingerprint density at radius 3 is 2.63 bits per heavy atom. The van der Waals surface area contributed by atoms with Crippen LogP contribution >= 0.6 is 0 Å². The van der Waals surface area contributed by atoms with Crippen LogP contribution in [0.5, 0.6) is 0 Å². The van der Waals surface area contributed by atoms with E-state index in [1.54, 1.807) is 18.2 Å². The first-order valence-corrected chi connectivity index (χ1v) is 5.65. The Hall–Kier alpha value is -2.27. The van der Waals surface area contributed by atoms with E-state index in [0.29, 0.717) is 18.3 Å². The van der Waals surface area contributed by atoms with E-state index < -0.39 is 17.5 Å². The molecule has 0 saturated carbocycles. The van der Waals surface area contributed by atoms with Gasteiger partial charge in [0.15, 0.2) is 0 Å². The average Bonchev–Trinajstić information content (AvgIpc) is 2.38. The van der Waals surface area contributed by atoms with Crippen LogP contribution in [0.4, 0.5) is 14.5 Å². The molecule has 19 heavy (non-hydrogen) atoms. The molecule has 0 saturated heterocycles. The van der Waals surface area contributed by atoms with Crippen molar-refractivity contribution < 1.29 is 13.6 Å². The second-order valence-electron chi connectivity index (χ2n) is 3.98. The first kappa shape index (κ1) is 13.2. The zero-order valence-electron chi connectivity index (χ0n) is 9.99. The van der Waals surface area contributed by atoms with Crippen molar-refractivity contribution in [1.82, 2.24) is 0 Å². The normalized spacial score (nSPS) is 10.3. The molecule has 0 aliphatic carbocycles. The van der Waals surface area contributed by atoms with E-state index >= 15 is 0 Å². The van der Waals surface area contributed by atoms with Crippen molar-refractivity contribution in [2.24, 2.45) is 5.73 Å². The third-order valence-corrected chi connectivity index (χ3v) is 2.60. The van der Waals surface area contributed by atoms with Crippen LogP contribution in [0.3, 0.4) is 0 Å². The fraction of sp³-hybridized carbons (Fsp3) is 0.0714. The van der Waals surface area contributed by atoms with Gasteiger partial charge in [-0.2, -0.15) is 0 Å². The fourth-order valence-electron chi connectivity index (χ4n) is 1.65. The van der Waals surface area contributed by atoms with Crippen LogP contribution < -0.4 is 11.1 Å². The molecule has 0 atom stereocenters. The predicted molar refractivity (Wildman–Crippen MR) is 68.6 cm³/mol. The maximum Gasteiger partial charge on any atom is 0.258 e. The standard InChI is InChI=1S/C14H12F2N2O/c15-10-4-5-12(13(16)7-10)14(19)18-11-3-1-2-9(6-11)8-17/h1-7H,8,17H2,(H,18,19). The first-order chi connectivity index (χ1) is 9.10. The summed E-state index contributed by atoms with van der Waals surface area (Å²) < 4.78 is 26.2. The maximum atomic E-state index is 13.4. The van der Waals surface area contributed by atoms with Gasteiger partial charge in [0.1, 0.15) is 11.6 Å². The van der Waals surface area contributed by atoms with Crippen LogP contribution in [0.25, 0.3) is 0 Å². The molecule has 3 nitrogen and oxygen atoms in total. The van der Waals surface area contributed by atoms with Gasteiger partial charge in [0.05, 0.1) is 5.56 Å². The quantitative estimate of drug-likeness (QED) is 0.893. The minimum atomic E-state index is -0.896. The average molecular weight is 262 g/mol. The second-order valence-corrected chi connectivity index (χ2v) is 3.98. The summed E-state index contributed by atoms with van der Waals surface area (Å²) >= 11 is 0. The van der Waals surface area contributed by atoms with E-state index in [4.69, 9.17) is 5.73 Å². The van der Waals surface area contributed by atoms with E-state index in [9.17, 15) is 13.6 Å². The molecule has 98 valence electrons. The summed E-state index contributed by atoms with van der Waals surface area (Å²) in [5.41, 5.74) is 6.63. The van der Waals surface area contributed by atoms with Crippen molar-refractivity contribution in [1.29, 1.82) is 0 Å². The second kappa shape index (κ2) is 5.58. The van der Waals surface area contributed by atoms with Gasteiger partial charge in [-0.15, -0.1) is 0 Å². The number of nitrogens with one attached hydrogen (secondary N) is 1. The number of nitrogens with two attached hydrogens (primary N) is 1. The van der Waals surface area contributed by atoms with Crippen LogP contribution in [0, 0.1) is 11.6 Å². The summed E-state index contributed by atoms with van der Waals surface area (Å²) in [6.45, 7) is 0.342. The molecule has 0 aliphatic heterocycles. The summed E-state index contributed by atoms with van der Waals surface area (Å²) in [4.78, 5) is 11.8. The first-order valence-electron chi connectivity index (χ1n) is 5.65. The molecule has 0 fully saturated rings. The van der Waals surface area contributed by atoms with E-state index in [0.717, 1.165) is 17.7 Å². The van der Waals surface area contributed by atoms with Gasteiger partial charge in [-0.05, 0) is 29.8 Å². The molecule has 1 amide bonds. The van der Waals surface area contributed by atoms with Crippen LogP contribution in [-0.2, 0) is 6.54 Å². The Morgan fingerprint density at radius 1 is 1.16 bits per heavy atom. The van der Waals surface area contributed by atoms with Gasteiger partial charge >= 0.3 is 0 Å². The Kier molecular flexibility index (Phi) is 3.87. The molecular weight excluding hydrogens is 250 g/mol. The highest BCUT2D eigenvalue weighted by molar-refractivity contribution is 6.04. The lowest BCUT2D eigenvalue weighted by Gasteiger charge is -2.07. The van der Waals surface area contributed by atoms with Crippen molar-refractivity contribution in [2.45, 2.75) is 6.54 Å². The highest BCUT2D eigenvalue weighted by Crippen LogP contribution is 2.14. The van der Waals surface area contributed by atoms with Gasteiger partial charge < -0.3 is 11.1 Å². The summed E-state index contributed by atoms with van der Waals surface area (Å²) in [5, 5.41) is 2.54. The summed E-state index contributed by atoms with van der Waals surface area (Å²) in [7, 11) is 0. The van der Waals surface area contributed by atoms with E-state index in [1.165, 1.54) is 0 Å². The Balaban J connectivity index is 2.20. The smallest absolute Gasteiger partial charge is 0.258 e. The van der Waals surface area contributed by atoms with Gasteiger partial charge in [0.25, 0.3) is 5.91 Å². The Labute approximate surface area is 109 Å². The van der Waals surface area contributed by atoms with Crippen molar-refractivity contribution in [3.63, 3.8) is 0 Å². The zero-order chi connectivity index (χ0) is 13.8. The Bertz CT molecular complexity index is 614. The number of hydrogen-bond acceptors (Lipinski definition) is 2. The van der Waals surface area contributed by atoms with Crippen molar-refractivity contribution in [3.05, 3.63) is 65.2 Å². The molecular formula is C14H12F2N2O. The molecule has 2 aromatic carbocycles. The highest BCUT2D eigenvalue weighted by atomic mass is 19.1. The van der Waals surface area contributed by atoms with Crippen molar-refractivity contribution >= 4 is 11.6 Å². The highest BCUT2D eigenvalue weighted by Gasteiger charge is 2.12. The molecule has 0 aliphatic rings. The van der Waals surface area contributed by atoms with Gasteiger partial charge in [-0.3, -0.25) is 4.79 Å². The number of carbonyl (C=O) groups is 1. The molecule has 2 rings (SSSR count). The van der Waals surface area contributed by atoms with E-state index in [1.807, 2.05) is 6.07 Å². The number of benzene rings is 2. The Morgan fingerprint density at radius 2 is 1.95 bits per heavy atom. The van der Waals surface area contributed by atoms with Gasteiger partial charge in [-0.25, -0.2) is 8.78 Å². The molecule has 3 N–H and O–H groups in total. The van der Waals surface area contributed by atoms with Crippen LogP contribution in [0.1, 0.15) is 15.9 Å². The van der Waals surface area contributed by atoms with Gasteiger partial charge in [0, 0.05) is 18.3 Å². The van der Waals surface area contributed by atoms with Gasteiger partial charge in [0.2, 0.25) is 0 Å². The SMILES string of the molecule is NCc1cccc(NC(=O)c2ccc(F)cc2F)c1. The number of rotatable bonds is 3. The van der Waals surface area contributed by atoms with E-state index in [2.05, 4.69) is 5.32 Å². The number of carbonyl (C=O) groups excluding carboxylic acids is 1. The predicted octanol–water partition coefficient (Wildman–Crippen LogP) is 2.68. The summed E-state index contributed by atoms with van der Waals surface area (Å²) in [6, 6.07) is 9.72. The molecule has 2 aromatic rings. The van der Waals surface area contributed by atoms with Gasteiger partial charge in [-0.1, -0.05) is 12.1 Å². The lowest BCUT2D eigenvalue weighted by atomic mass is 10.1. The summed E-state index contributed by atoms with van der Waals surface area (Å²) in [5.74, 6) is -2.25. The van der Waals surface area contributed by atoms with Crippen LogP contribution in [0.2, 0.25) is 0 Å². The maximum absolute atomic E-state index is 13.4. The lowest BCUT2D eigenvalue weighted by Crippen LogP contribution is -2.14. The van der Waals surface area contributed by atoms with E-state index in [-0.39, 0.29) is 5.56 Å². The van der Waals surface area contributed by atoms with Crippen LogP contribution in [0.15, 0.2) is 42.5 Å². The lowest BCUT2D eigenvalue weighted by molar-refractivity contribution is 0.102. The fourth-order valence-corrected chi connectivity index (χ4v) is 1.65. The topological polar surface area (TPSA) is 55.1 Å². The third-order valence-electron chi connectivity index (χ3n) is 2.60. The largest absolute Gasteiger partial charge is 0.326 e. The molecule has 0 unspecified atom stereocenters. The monoisotopic (exact) mass is 262 g/mol. The minimum absolute atomic E-state index is 0.209. The molecule has 0 heterocycles. The van der Waals surface area contributed by atoms with Crippen molar-refractivity contribution in [2.75, 3.05) is 5.32 Å². The molecule has 5 heteroatoms.